The topological polar surface area (TPSA) is 62.5 Å². The van der Waals surface area contributed by atoms with Crippen molar-refractivity contribution in [1.29, 1.82) is 0 Å². The van der Waals surface area contributed by atoms with Crippen LogP contribution in [-0.4, -0.2) is 108 Å². The van der Waals surface area contributed by atoms with Crippen molar-refractivity contribution in [1.82, 2.24) is 19.6 Å². The second kappa shape index (κ2) is 7.64. The summed E-state index contributed by atoms with van der Waals surface area (Å²) in [6, 6.07) is 5.43. The molecule has 0 spiro atoms. The number of aliphatic imine (C=N–C) groups is 1. The number of halogens is 1. The Hall–Kier alpha value is -2.65. The summed E-state index contributed by atoms with van der Waals surface area (Å²) in [6.07, 6.45) is 0. The lowest BCUT2D eigenvalue weighted by molar-refractivity contribution is -0.552. The molecule has 9 heteroatoms. The smallest absolute Gasteiger partial charge is 0.304 e. The Kier molecular flexibility index (Phi) is 5.18. The number of likely N-dealkylation sites (N-methyl/N-ethyl adjacent to an activating group) is 3. The number of fused-ring (bicyclic) bond motifs is 1. The van der Waals surface area contributed by atoms with E-state index in [0.717, 1.165) is 31.1 Å². The minimum absolute atomic E-state index is 0.217. The summed E-state index contributed by atoms with van der Waals surface area (Å²) in [7, 11) is 5.18. The molecular formula is C20H26FN6O2+. The summed E-state index contributed by atoms with van der Waals surface area (Å²) < 4.78 is 16.2. The number of carbonyl (C=O) groups is 2. The molecule has 1 aromatic rings. The average Bonchev–Trinajstić information content (AvgIpc) is 3.06. The zero-order valence-corrected chi connectivity index (χ0v) is 17.0. The highest BCUT2D eigenvalue weighted by molar-refractivity contribution is 6.23. The van der Waals surface area contributed by atoms with Gasteiger partial charge in [-0.15, -0.1) is 0 Å². The molecule has 1 atom stereocenters. The molecular weight excluding hydrogens is 375 g/mol. The van der Waals surface area contributed by atoms with Gasteiger partial charge >= 0.3 is 11.9 Å². The lowest BCUT2D eigenvalue weighted by Crippen LogP contribution is -2.61. The van der Waals surface area contributed by atoms with Crippen LogP contribution in [0.3, 0.4) is 0 Å². The van der Waals surface area contributed by atoms with E-state index in [1.165, 1.54) is 18.0 Å². The molecule has 0 saturated carbocycles. The molecule has 3 amide bonds. The zero-order chi connectivity index (χ0) is 20.7. The van der Waals surface area contributed by atoms with E-state index in [4.69, 9.17) is 0 Å². The minimum atomic E-state index is -0.718. The summed E-state index contributed by atoms with van der Waals surface area (Å²) in [5.74, 6) is 0.456. The lowest BCUT2D eigenvalue weighted by Gasteiger charge is -2.31. The molecule has 3 aliphatic heterocycles. The first-order valence-corrected chi connectivity index (χ1v) is 9.77. The fourth-order valence-corrected chi connectivity index (χ4v) is 3.97. The van der Waals surface area contributed by atoms with Crippen LogP contribution >= 0.6 is 0 Å². The van der Waals surface area contributed by atoms with E-state index in [2.05, 4.69) is 21.8 Å². The van der Waals surface area contributed by atoms with E-state index in [9.17, 15) is 14.0 Å². The van der Waals surface area contributed by atoms with E-state index >= 15 is 0 Å². The molecule has 2 fully saturated rings. The number of hydrogen-bond acceptors (Lipinski definition) is 5. The monoisotopic (exact) mass is 401 g/mol. The number of imide groups is 1. The van der Waals surface area contributed by atoms with Crippen LogP contribution in [0.15, 0.2) is 29.3 Å². The predicted molar refractivity (Wildman–Crippen MR) is 106 cm³/mol. The van der Waals surface area contributed by atoms with Crippen LogP contribution in [0.4, 0.5) is 9.18 Å². The predicted octanol–water partition coefficient (Wildman–Crippen LogP) is 0.289. The van der Waals surface area contributed by atoms with E-state index in [1.54, 1.807) is 25.2 Å². The van der Waals surface area contributed by atoms with Crippen LogP contribution in [0.5, 0.6) is 0 Å². The highest BCUT2D eigenvalue weighted by atomic mass is 19.1. The molecule has 3 heterocycles. The fourth-order valence-electron chi connectivity index (χ4n) is 3.97. The van der Waals surface area contributed by atoms with Crippen LogP contribution in [0, 0.1) is 5.82 Å². The first kappa shape index (κ1) is 19.7. The van der Waals surface area contributed by atoms with Crippen LogP contribution in [0.2, 0.25) is 0 Å². The van der Waals surface area contributed by atoms with Gasteiger partial charge in [-0.05, 0) is 18.1 Å². The molecule has 0 N–H and O–H groups in total. The average molecular weight is 401 g/mol. The van der Waals surface area contributed by atoms with Crippen molar-refractivity contribution in [2.45, 2.75) is 12.6 Å². The molecule has 0 radical (unpaired) electrons. The number of hydrogen-bond donors (Lipinski definition) is 0. The van der Waals surface area contributed by atoms with Gasteiger partial charge in [-0.2, -0.15) is 0 Å². The number of rotatable bonds is 4. The van der Waals surface area contributed by atoms with E-state index in [1.807, 2.05) is 4.58 Å². The maximum absolute atomic E-state index is 14.4. The van der Waals surface area contributed by atoms with Crippen LogP contribution < -0.4 is 0 Å². The molecule has 0 aliphatic carbocycles. The summed E-state index contributed by atoms with van der Waals surface area (Å²) in [5, 5.41) is 0. The van der Waals surface area contributed by atoms with E-state index in [0.29, 0.717) is 23.8 Å². The summed E-state index contributed by atoms with van der Waals surface area (Å²) in [4.78, 5) is 37.1. The van der Waals surface area contributed by atoms with Crippen molar-refractivity contribution in [3.63, 3.8) is 0 Å². The second-order valence-electron chi connectivity index (χ2n) is 7.83. The SMILES string of the molecule is CN1CCN(CC2=[N+](Cc3ccccc3F)C3C(=O)N(C)C(=O)N(C)C3=N2)CC1. The Morgan fingerprint density at radius 2 is 1.76 bits per heavy atom. The minimum Gasteiger partial charge on any atom is -0.304 e. The van der Waals surface area contributed by atoms with Gasteiger partial charge in [-0.3, -0.25) is 19.5 Å². The fraction of sp³-hybridized carbons (Fsp3) is 0.500. The van der Waals surface area contributed by atoms with Crippen molar-refractivity contribution < 1.29 is 18.6 Å². The zero-order valence-electron chi connectivity index (χ0n) is 17.0. The molecule has 0 bridgehead atoms. The Balaban J connectivity index is 1.70. The van der Waals surface area contributed by atoms with Crippen molar-refractivity contribution in [3.05, 3.63) is 35.6 Å². The number of amides is 3. The molecule has 3 aliphatic rings. The molecule has 1 unspecified atom stereocenters. The quantitative estimate of drug-likeness (QED) is 0.681. The highest BCUT2D eigenvalue weighted by Gasteiger charge is 2.53. The van der Waals surface area contributed by atoms with Gasteiger partial charge < -0.3 is 4.90 Å². The standard InChI is InChI=1S/C20H26FN6O2/c1-23-8-10-26(11-9-23)13-16-22-18-17(19(28)25(3)20(29)24(18)2)27(16)12-14-6-4-5-7-15(14)21/h4-7,17H,8-13H2,1-3H3/q+1. The van der Waals surface area contributed by atoms with Crippen molar-refractivity contribution in [2.24, 2.45) is 4.99 Å². The van der Waals surface area contributed by atoms with Gasteiger partial charge in [0.2, 0.25) is 0 Å². The molecule has 2 saturated heterocycles. The van der Waals surface area contributed by atoms with Gasteiger partial charge in [0.1, 0.15) is 18.9 Å². The number of piperazine rings is 1. The Morgan fingerprint density at radius 1 is 1.07 bits per heavy atom. The molecule has 29 heavy (non-hydrogen) atoms. The second-order valence-corrected chi connectivity index (χ2v) is 7.83. The highest BCUT2D eigenvalue weighted by Crippen LogP contribution is 2.22. The van der Waals surface area contributed by atoms with Gasteiger partial charge in [0, 0.05) is 45.8 Å². The van der Waals surface area contributed by atoms with Crippen LogP contribution in [0.1, 0.15) is 5.56 Å². The number of benzene rings is 1. The van der Waals surface area contributed by atoms with Crippen molar-refractivity contribution >= 4 is 23.6 Å². The molecule has 8 nitrogen and oxygen atoms in total. The number of amidine groups is 2. The number of urea groups is 1. The number of nitrogens with zero attached hydrogens (tertiary/aromatic N) is 6. The van der Waals surface area contributed by atoms with Crippen molar-refractivity contribution in [2.75, 3.05) is 53.9 Å². The maximum Gasteiger partial charge on any atom is 0.333 e. The molecule has 4 rings (SSSR count). The largest absolute Gasteiger partial charge is 0.333 e. The summed E-state index contributed by atoms with van der Waals surface area (Å²) in [5.41, 5.74) is 0.495. The van der Waals surface area contributed by atoms with Crippen LogP contribution in [-0.2, 0) is 11.3 Å². The van der Waals surface area contributed by atoms with Gasteiger partial charge in [0.05, 0.1) is 0 Å². The molecule has 154 valence electrons. The first-order valence-electron chi connectivity index (χ1n) is 9.77. The van der Waals surface area contributed by atoms with Gasteiger partial charge in [0.15, 0.2) is 0 Å². The van der Waals surface area contributed by atoms with E-state index < -0.39 is 12.1 Å². The van der Waals surface area contributed by atoms with Gasteiger partial charge in [-0.1, -0.05) is 18.2 Å². The van der Waals surface area contributed by atoms with Crippen molar-refractivity contribution in [3.8, 4) is 0 Å². The lowest BCUT2D eigenvalue weighted by atomic mass is 10.1. The first-order chi connectivity index (χ1) is 13.9. The molecule has 1 aromatic carbocycles. The molecule has 0 aromatic heterocycles. The van der Waals surface area contributed by atoms with E-state index in [-0.39, 0.29) is 18.3 Å². The normalized spacial score (nSPS) is 23.7. The Labute approximate surface area is 169 Å². The maximum atomic E-state index is 14.4. The summed E-state index contributed by atoms with van der Waals surface area (Å²) >= 11 is 0. The third-order valence-corrected chi connectivity index (χ3v) is 5.87. The number of carbonyl (C=O) groups excluding carboxylic acids is 2. The summed E-state index contributed by atoms with van der Waals surface area (Å²) in [6.45, 7) is 4.48. The third kappa shape index (κ3) is 3.56. The third-order valence-electron chi connectivity index (χ3n) is 5.87. The van der Waals surface area contributed by atoms with Crippen LogP contribution in [0.25, 0.3) is 0 Å². The Morgan fingerprint density at radius 3 is 2.45 bits per heavy atom. The Bertz CT molecular complexity index is 906. The van der Waals surface area contributed by atoms with Gasteiger partial charge in [-0.25, -0.2) is 13.8 Å². The van der Waals surface area contributed by atoms with Gasteiger partial charge in [0.25, 0.3) is 17.8 Å².